The quantitative estimate of drug-likeness (QED) is 0.229. The monoisotopic (exact) mass is 435 g/mol. The van der Waals surface area contributed by atoms with Crippen LogP contribution in [0.1, 0.15) is 11.3 Å². The zero-order valence-corrected chi connectivity index (χ0v) is 17.2. The Hall–Kier alpha value is -3.98. The summed E-state index contributed by atoms with van der Waals surface area (Å²) in [4.78, 5) is 29.7. The smallest absolute Gasteiger partial charge is 0.270 e. The predicted molar refractivity (Wildman–Crippen MR) is 118 cm³/mol. The Balaban J connectivity index is 1.65. The van der Waals surface area contributed by atoms with E-state index in [1.165, 1.54) is 34.4 Å². The van der Waals surface area contributed by atoms with E-state index < -0.39 is 4.92 Å². The first-order chi connectivity index (χ1) is 15.0. The molecule has 0 spiro atoms. The highest BCUT2D eigenvalue weighted by Crippen LogP contribution is 2.32. The van der Waals surface area contributed by atoms with Crippen molar-refractivity contribution in [3.05, 3.63) is 88.4 Å². The van der Waals surface area contributed by atoms with E-state index in [0.717, 1.165) is 10.2 Å². The molecule has 0 radical (unpaired) electrons. The number of methoxy groups -OCH3 is 1. The molecule has 2 heterocycles. The number of hydrogen-bond donors (Lipinski definition) is 0. The average molecular weight is 435 g/mol. The van der Waals surface area contributed by atoms with Gasteiger partial charge in [0.25, 0.3) is 11.6 Å². The summed E-state index contributed by atoms with van der Waals surface area (Å²) in [5.41, 5.74) is 1.26. The van der Waals surface area contributed by atoms with E-state index in [1.807, 2.05) is 18.2 Å². The Morgan fingerprint density at radius 2 is 2.13 bits per heavy atom. The van der Waals surface area contributed by atoms with Crippen LogP contribution in [-0.4, -0.2) is 22.9 Å². The van der Waals surface area contributed by atoms with Crippen molar-refractivity contribution in [3.8, 4) is 5.75 Å². The fourth-order valence-electron chi connectivity index (χ4n) is 2.93. The van der Waals surface area contributed by atoms with Crippen LogP contribution in [0.15, 0.2) is 71.4 Å². The molecule has 156 valence electrons. The highest BCUT2D eigenvalue weighted by molar-refractivity contribution is 7.22. The number of ether oxygens (including phenoxy) is 1. The molecule has 0 atom stereocenters. The van der Waals surface area contributed by atoms with Crippen molar-refractivity contribution < 1.29 is 18.9 Å². The van der Waals surface area contributed by atoms with Gasteiger partial charge in [0.1, 0.15) is 11.5 Å². The first-order valence-electron chi connectivity index (χ1n) is 9.24. The summed E-state index contributed by atoms with van der Waals surface area (Å²) in [5, 5.41) is 11.5. The number of benzene rings is 2. The summed E-state index contributed by atoms with van der Waals surface area (Å²) >= 11 is 1.36. The summed E-state index contributed by atoms with van der Waals surface area (Å²) in [5.74, 6) is 0.986. The van der Waals surface area contributed by atoms with Crippen LogP contribution >= 0.6 is 11.3 Å². The van der Waals surface area contributed by atoms with Gasteiger partial charge in [-0.3, -0.25) is 19.8 Å². The number of nitro benzene ring substituents is 1. The zero-order valence-electron chi connectivity index (χ0n) is 16.4. The van der Waals surface area contributed by atoms with E-state index in [2.05, 4.69) is 4.98 Å². The average Bonchev–Trinajstić information content (AvgIpc) is 3.44. The molecule has 2 aromatic heterocycles. The standard InChI is InChI=1S/C22H17N3O5S/c1-29-17-8-9-19-20(13-17)31-22(23-19)24(14-18-6-3-11-30-18)21(26)10-7-15-4-2-5-16(12-15)25(27)28/h2-13H,14H2,1H3/b10-7+. The highest BCUT2D eigenvalue weighted by atomic mass is 32.1. The molecule has 31 heavy (non-hydrogen) atoms. The number of non-ortho nitro benzene ring substituents is 1. The third-order valence-corrected chi connectivity index (χ3v) is 5.52. The molecule has 0 aliphatic rings. The van der Waals surface area contributed by atoms with E-state index in [1.54, 1.807) is 43.7 Å². The summed E-state index contributed by atoms with van der Waals surface area (Å²) in [6.45, 7) is 0.196. The molecule has 0 aliphatic heterocycles. The van der Waals surface area contributed by atoms with E-state index in [-0.39, 0.29) is 18.1 Å². The fourth-order valence-corrected chi connectivity index (χ4v) is 3.93. The molecular weight excluding hydrogens is 418 g/mol. The fraction of sp³-hybridized carbons (Fsp3) is 0.0909. The molecule has 4 rings (SSSR count). The first kappa shape index (κ1) is 20.3. The molecule has 8 nitrogen and oxygen atoms in total. The normalized spacial score (nSPS) is 11.1. The Morgan fingerprint density at radius 3 is 2.87 bits per heavy atom. The second kappa shape index (κ2) is 8.80. The lowest BCUT2D eigenvalue weighted by Gasteiger charge is -2.16. The van der Waals surface area contributed by atoms with Gasteiger partial charge in [0.05, 0.1) is 35.1 Å². The van der Waals surface area contributed by atoms with E-state index in [0.29, 0.717) is 22.2 Å². The number of carbonyl (C=O) groups is 1. The maximum Gasteiger partial charge on any atom is 0.270 e. The molecule has 0 aliphatic carbocycles. The number of nitrogens with zero attached hydrogens (tertiary/aromatic N) is 3. The van der Waals surface area contributed by atoms with Gasteiger partial charge in [-0.1, -0.05) is 23.5 Å². The minimum absolute atomic E-state index is 0.0397. The maximum atomic E-state index is 13.1. The molecule has 0 bridgehead atoms. The number of rotatable bonds is 7. The number of thiazole rings is 1. The van der Waals surface area contributed by atoms with Crippen molar-refractivity contribution in [1.82, 2.24) is 4.98 Å². The molecule has 0 unspecified atom stereocenters. The number of aromatic nitrogens is 1. The summed E-state index contributed by atoms with van der Waals surface area (Å²) in [6, 6.07) is 15.1. The number of nitro groups is 1. The number of hydrogen-bond acceptors (Lipinski definition) is 7. The largest absolute Gasteiger partial charge is 0.497 e. The van der Waals surface area contributed by atoms with Crippen molar-refractivity contribution in [2.45, 2.75) is 6.54 Å². The van der Waals surface area contributed by atoms with Gasteiger partial charge in [-0.15, -0.1) is 0 Å². The third-order valence-electron chi connectivity index (χ3n) is 4.47. The van der Waals surface area contributed by atoms with Crippen LogP contribution in [-0.2, 0) is 11.3 Å². The Labute approximate surface area is 181 Å². The van der Waals surface area contributed by atoms with Crippen molar-refractivity contribution in [2.24, 2.45) is 0 Å². The molecule has 0 fully saturated rings. The van der Waals surface area contributed by atoms with Crippen molar-refractivity contribution >= 4 is 44.4 Å². The summed E-state index contributed by atoms with van der Waals surface area (Å²) in [7, 11) is 1.59. The lowest BCUT2D eigenvalue weighted by atomic mass is 10.2. The van der Waals surface area contributed by atoms with Crippen LogP contribution in [0.25, 0.3) is 16.3 Å². The summed E-state index contributed by atoms with van der Waals surface area (Å²) < 4.78 is 11.6. The maximum absolute atomic E-state index is 13.1. The van der Waals surface area contributed by atoms with E-state index >= 15 is 0 Å². The number of carbonyl (C=O) groups excluding carboxylic acids is 1. The SMILES string of the molecule is COc1ccc2nc(N(Cc3ccco3)C(=O)/C=C/c3cccc([N+](=O)[O-])c3)sc2c1. The number of fused-ring (bicyclic) bond motifs is 1. The van der Waals surface area contributed by atoms with E-state index in [9.17, 15) is 14.9 Å². The second-order valence-electron chi connectivity index (χ2n) is 6.52. The second-order valence-corrected chi connectivity index (χ2v) is 7.53. The van der Waals surface area contributed by atoms with E-state index in [4.69, 9.17) is 9.15 Å². The van der Waals surface area contributed by atoms with Crippen LogP contribution in [0, 0.1) is 10.1 Å². The van der Waals surface area contributed by atoms with Crippen molar-refractivity contribution in [3.63, 3.8) is 0 Å². The van der Waals surface area contributed by atoms with Gasteiger partial charge in [0, 0.05) is 18.2 Å². The zero-order chi connectivity index (χ0) is 21.8. The molecular formula is C22H17N3O5S. The highest BCUT2D eigenvalue weighted by Gasteiger charge is 2.20. The lowest BCUT2D eigenvalue weighted by Crippen LogP contribution is -2.28. The molecule has 9 heteroatoms. The van der Waals surface area contributed by atoms with Gasteiger partial charge in [0.15, 0.2) is 5.13 Å². The molecule has 1 amide bonds. The number of furan rings is 1. The van der Waals surface area contributed by atoms with Crippen LogP contribution in [0.4, 0.5) is 10.8 Å². The predicted octanol–water partition coefficient (Wildman–Crippen LogP) is 5.05. The molecule has 0 saturated heterocycles. The Morgan fingerprint density at radius 1 is 1.26 bits per heavy atom. The molecule has 0 N–H and O–H groups in total. The van der Waals surface area contributed by atoms with Crippen LogP contribution in [0.2, 0.25) is 0 Å². The van der Waals surface area contributed by atoms with Gasteiger partial charge >= 0.3 is 0 Å². The summed E-state index contributed by atoms with van der Waals surface area (Å²) in [6.07, 6.45) is 4.45. The van der Waals surface area contributed by atoms with Crippen LogP contribution in [0.5, 0.6) is 5.75 Å². The number of amides is 1. The van der Waals surface area contributed by atoms with Gasteiger partial charge in [-0.25, -0.2) is 4.98 Å². The molecule has 2 aromatic carbocycles. The topological polar surface area (TPSA) is 98.7 Å². The van der Waals surface area contributed by atoms with Crippen LogP contribution < -0.4 is 9.64 Å². The van der Waals surface area contributed by atoms with Crippen molar-refractivity contribution in [2.75, 3.05) is 12.0 Å². The lowest BCUT2D eigenvalue weighted by molar-refractivity contribution is -0.384. The minimum Gasteiger partial charge on any atom is -0.497 e. The van der Waals surface area contributed by atoms with Gasteiger partial charge in [0.2, 0.25) is 0 Å². The van der Waals surface area contributed by atoms with Crippen LogP contribution in [0.3, 0.4) is 0 Å². The van der Waals surface area contributed by atoms with Gasteiger partial charge < -0.3 is 9.15 Å². The molecule has 4 aromatic rings. The molecule has 0 saturated carbocycles. The Kier molecular flexibility index (Phi) is 5.76. The minimum atomic E-state index is -0.474. The van der Waals surface area contributed by atoms with Gasteiger partial charge in [-0.2, -0.15) is 0 Å². The van der Waals surface area contributed by atoms with Crippen molar-refractivity contribution in [1.29, 1.82) is 0 Å². The van der Waals surface area contributed by atoms with Gasteiger partial charge in [-0.05, 0) is 42.0 Å². The number of anilines is 1. The Bertz CT molecular complexity index is 1260. The third kappa shape index (κ3) is 4.62. The first-order valence-corrected chi connectivity index (χ1v) is 10.1.